The van der Waals surface area contributed by atoms with E-state index in [0.717, 1.165) is 64.0 Å². The zero-order valence-electron chi connectivity index (χ0n) is 21.0. The molecule has 1 aromatic carbocycles. The van der Waals surface area contributed by atoms with Gasteiger partial charge in [-0.3, -0.25) is 14.5 Å². The van der Waals surface area contributed by atoms with Crippen LogP contribution in [0.1, 0.15) is 72.9 Å². The van der Waals surface area contributed by atoms with E-state index in [0.29, 0.717) is 23.6 Å². The second kappa shape index (κ2) is 8.47. The molecular weight excluding hydrogens is 450 g/mol. The molecule has 2 saturated heterocycles. The Labute approximate surface area is 212 Å². The molecular formula is C30H37N3O3. The lowest BCUT2D eigenvalue weighted by Gasteiger charge is -2.51. The van der Waals surface area contributed by atoms with Crippen molar-refractivity contribution in [3.8, 4) is 5.75 Å². The van der Waals surface area contributed by atoms with Crippen molar-refractivity contribution in [3.63, 3.8) is 0 Å². The molecule has 2 N–H and O–H groups in total. The number of hydrogen-bond donors (Lipinski definition) is 2. The smallest absolute Gasteiger partial charge is 0.260 e. The van der Waals surface area contributed by atoms with Crippen LogP contribution in [0.25, 0.3) is 0 Å². The number of carbonyl (C=O) groups excluding carboxylic acids is 1. The molecule has 1 aromatic heterocycles. The third kappa shape index (κ3) is 3.55. The molecule has 1 amide bonds. The molecule has 190 valence electrons. The second-order valence-corrected chi connectivity index (χ2v) is 12.2. The zero-order valence-corrected chi connectivity index (χ0v) is 21.0. The summed E-state index contributed by atoms with van der Waals surface area (Å²) in [5, 5.41) is 10.6. The number of aromatic hydroxyl groups is 1. The van der Waals surface area contributed by atoms with Crippen molar-refractivity contribution in [1.29, 1.82) is 0 Å². The monoisotopic (exact) mass is 487 g/mol. The van der Waals surface area contributed by atoms with Crippen molar-refractivity contribution in [3.05, 3.63) is 63.6 Å². The van der Waals surface area contributed by atoms with Crippen LogP contribution in [0.2, 0.25) is 0 Å². The van der Waals surface area contributed by atoms with Crippen LogP contribution in [0.3, 0.4) is 0 Å². The fourth-order valence-corrected chi connectivity index (χ4v) is 8.63. The number of aromatic nitrogens is 1. The number of rotatable bonds is 3. The van der Waals surface area contributed by atoms with Gasteiger partial charge in [0, 0.05) is 36.8 Å². The molecule has 3 aliphatic carbocycles. The van der Waals surface area contributed by atoms with Gasteiger partial charge >= 0.3 is 0 Å². The molecule has 4 fully saturated rings. The summed E-state index contributed by atoms with van der Waals surface area (Å²) < 4.78 is 0. The highest BCUT2D eigenvalue weighted by Crippen LogP contribution is 2.58. The summed E-state index contributed by atoms with van der Waals surface area (Å²) >= 11 is 0. The van der Waals surface area contributed by atoms with Gasteiger partial charge in [0.05, 0.1) is 0 Å². The van der Waals surface area contributed by atoms with Gasteiger partial charge < -0.3 is 15.0 Å². The van der Waals surface area contributed by atoms with Gasteiger partial charge in [-0.2, -0.15) is 0 Å². The number of phenols is 1. The number of likely N-dealkylation sites (tertiary alicyclic amines) is 1. The molecule has 36 heavy (non-hydrogen) atoms. The number of nitrogens with zero attached hydrogens (tertiary/aromatic N) is 2. The van der Waals surface area contributed by atoms with Crippen LogP contribution in [-0.2, 0) is 11.8 Å². The highest BCUT2D eigenvalue weighted by molar-refractivity contribution is 5.94. The summed E-state index contributed by atoms with van der Waals surface area (Å²) in [6, 6.07) is 10.2. The van der Waals surface area contributed by atoms with Crippen LogP contribution >= 0.6 is 0 Å². The minimum Gasteiger partial charge on any atom is -0.508 e. The first kappa shape index (κ1) is 22.6. The molecule has 8 rings (SSSR count). The topological polar surface area (TPSA) is 76.6 Å². The van der Waals surface area contributed by atoms with Crippen molar-refractivity contribution in [2.24, 2.45) is 17.8 Å². The van der Waals surface area contributed by atoms with Crippen molar-refractivity contribution in [2.45, 2.75) is 75.3 Å². The van der Waals surface area contributed by atoms with Crippen molar-refractivity contribution >= 4 is 5.91 Å². The maximum absolute atomic E-state index is 13.8. The van der Waals surface area contributed by atoms with Crippen LogP contribution in [0.4, 0.5) is 0 Å². The number of pyridine rings is 1. The van der Waals surface area contributed by atoms with E-state index in [9.17, 15) is 14.7 Å². The normalized spacial score (nSPS) is 33.7. The molecule has 5 atom stereocenters. The third-order valence-corrected chi connectivity index (χ3v) is 10.3. The molecule has 2 bridgehead atoms. The minimum atomic E-state index is -0.294. The number of nitrogens with one attached hydrogen (secondary N) is 1. The first-order chi connectivity index (χ1) is 17.5. The van der Waals surface area contributed by atoms with Gasteiger partial charge in [0.15, 0.2) is 0 Å². The first-order valence-electron chi connectivity index (χ1n) is 14.1. The van der Waals surface area contributed by atoms with Gasteiger partial charge in [-0.15, -0.1) is 0 Å². The van der Waals surface area contributed by atoms with Crippen LogP contribution in [0.15, 0.2) is 41.3 Å². The Morgan fingerprint density at radius 2 is 2.00 bits per heavy atom. The predicted octanol–water partition coefficient (Wildman–Crippen LogP) is 4.08. The number of phenolic OH excluding ortho intramolecular Hbond substituents is 1. The first-order valence-corrected chi connectivity index (χ1v) is 14.1. The number of carbonyl (C=O) groups is 1. The molecule has 3 aliphatic heterocycles. The summed E-state index contributed by atoms with van der Waals surface area (Å²) in [5.74, 6) is 1.93. The van der Waals surface area contributed by atoms with Crippen molar-refractivity contribution in [2.75, 3.05) is 19.6 Å². The number of hydrogen-bond acceptors (Lipinski definition) is 4. The molecule has 0 radical (unpaired) electrons. The summed E-state index contributed by atoms with van der Waals surface area (Å²) in [4.78, 5) is 33.9. The lowest BCUT2D eigenvalue weighted by molar-refractivity contribution is 0.0544. The molecule has 6 heteroatoms. The average Bonchev–Trinajstić information content (AvgIpc) is 3.60. The van der Waals surface area contributed by atoms with Gasteiger partial charge in [0.25, 0.3) is 11.5 Å². The van der Waals surface area contributed by atoms with Gasteiger partial charge in [-0.05, 0) is 111 Å². The Bertz CT molecular complexity index is 1240. The largest absolute Gasteiger partial charge is 0.508 e. The van der Waals surface area contributed by atoms with Crippen LogP contribution < -0.4 is 5.56 Å². The Morgan fingerprint density at radius 3 is 2.83 bits per heavy atom. The van der Waals surface area contributed by atoms with Crippen molar-refractivity contribution in [1.82, 2.24) is 14.8 Å². The van der Waals surface area contributed by atoms with E-state index in [1.54, 1.807) is 18.3 Å². The summed E-state index contributed by atoms with van der Waals surface area (Å²) in [7, 11) is 0. The van der Waals surface area contributed by atoms with E-state index in [-0.39, 0.29) is 28.5 Å². The molecule has 6 aliphatic rings. The maximum Gasteiger partial charge on any atom is 0.260 e. The molecule has 4 unspecified atom stereocenters. The number of H-pyrrole nitrogens is 1. The number of benzene rings is 1. The Balaban J connectivity index is 1.34. The Kier molecular flexibility index (Phi) is 5.32. The van der Waals surface area contributed by atoms with E-state index in [4.69, 9.17) is 0 Å². The quantitative estimate of drug-likeness (QED) is 0.684. The number of amides is 1. The summed E-state index contributed by atoms with van der Waals surface area (Å²) in [5.41, 5.74) is 2.70. The lowest BCUT2D eigenvalue weighted by atomic mass is 9.55. The Morgan fingerprint density at radius 1 is 1.11 bits per heavy atom. The second-order valence-electron chi connectivity index (χ2n) is 12.2. The van der Waals surface area contributed by atoms with Crippen LogP contribution in [-0.4, -0.2) is 57.5 Å². The van der Waals surface area contributed by atoms with E-state index >= 15 is 0 Å². The molecule has 2 aromatic rings. The Hall–Kier alpha value is -2.60. The van der Waals surface area contributed by atoms with Gasteiger partial charge in [-0.25, -0.2) is 0 Å². The fourth-order valence-electron chi connectivity index (χ4n) is 8.63. The SMILES string of the molecule is O=C(c1ccc[nH]c1=O)N1C[C@H]2CCC3Cc4ccc(O)cc4C4(CCCC1C24)CCN3CC1CC1. The molecule has 4 heterocycles. The standard InChI is InChI=1S/C30H37N3O3/c34-23-10-8-20-15-22-9-7-21-18-33(29(36)24-3-2-13-31-28(24)35)26-4-1-11-30(27(21)26,25(20)16-23)12-14-32(22)17-19-5-6-19/h2-3,8,10,13,16,19,21-22,26-27,34H,1,4-7,9,11-12,14-15,17-18H2,(H,31,35)/t21-,22?,26?,27?,30?/m1/s1. The highest BCUT2D eigenvalue weighted by Gasteiger charge is 2.58. The highest BCUT2D eigenvalue weighted by atomic mass is 16.3. The van der Waals surface area contributed by atoms with E-state index < -0.39 is 0 Å². The predicted molar refractivity (Wildman–Crippen MR) is 138 cm³/mol. The van der Waals surface area contributed by atoms with E-state index in [1.165, 1.54) is 30.5 Å². The average molecular weight is 488 g/mol. The van der Waals surface area contributed by atoms with Crippen LogP contribution in [0, 0.1) is 17.8 Å². The maximum atomic E-state index is 13.8. The van der Waals surface area contributed by atoms with Gasteiger partial charge in [0.1, 0.15) is 11.3 Å². The van der Waals surface area contributed by atoms with Gasteiger partial charge in [-0.1, -0.05) is 12.5 Å². The minimum absolute atomic E-state index is 0.0308. The van der Waals surface area contributed by atoms with Gasteiger partial charge in [0.2, 0.25) is 0 Å². The van der Waals surface area contributed by atoms with E-state index in [1.807, 2.05) is 6.07 Å². The lowest BCUT2D eigenvalue weighted by Crippen LogP contribution is -2.52. The third-order valence-electron chi connectivity index (χ3n) is 10.3. The molecule has 1 spiro atoms. The van der Waals surface area contributed by atoms with Crippen LogP contribution in [0.5, 0.6) is 5.75 Å². The van der Waals surface area contributed by atoms with E-state index in [2.05, 4.69) is 26.9 Å². The molecule has 6 nitrogen and oxygen atoms in total. The zero-order chi connectivity index (χ0) is 24.4. The fraction of sp³-hybridized carbons (Fsp3) is 0.600. The number of aromatic amines is 1. The number of fused-ring (bicyclic) bond motifs is 3. The summed E-state index contributed by atoms with van der Waals surface area (Å²) in [6.07, 6.45) is 12.0. The molecule has 2 saturated carbocycles. The summed E-state index contributed by atoms with van der Waals surface area (Å²) in [6.45, 7) is 3.08. The van der Waals surface area contributed by atoms with Crippen molar-refractivity contribution < 1.29 is 9.90 Å².